The van der Waals surface area contributed by atoms with Crippen molar-refractivity contribution in [2.45, 2.75) is 142 Å². The zero-order valence-corrected chi connectivity index (χ0v) is 34.1. The van der Waals surface area contributed by atoms with Crippen LogP contribution in [0.1, 0.15) is 173 Å². The smallest absolute Gasteiger partial charge is 0.344 e. The molecule has 3 aromatic carbocycles. The summed E-state index contributed by atoms with van der Waals surface area (Å²) >= 11 is 0. The molecule has 0 bridgehead atoms. The van der Waals surface area contributed by atoms with E-state index in [1.807, 2.05) is 27.7 Å². The molecule has 0 N–H and O–H groups in total. The fraction of sp³-hybridized carbons (Fsp3) is 0.542. The monoisotopic (exact) mass is 758 g/mol. The van der Waals surface area contributed by atoms with Crippen LogP contribution in [0.15, 0.2) is 36.4 Å². The highest BCUT2D eigenvalue weighted by Gasteiger charge is 2.64. The molecule has 56 heavy (non-hydrogen) atoms. The van der Waals surface area contributed by atoms with Crippen LogP contribution in [-0.4, -0.2) is 23.9 Å². The van der Waals surface area contributed by atoms with Crippen LogP contribution in [0.2, 0.25) is 0 Å². The van der Waals surface area contributed by atoms with E-state index in [-0.39, 0.29) is 69.1 Å². The Bertz CT molecular complexity index is 2080. The van der Waals surface area contributed by atoms with Gasteiger partial charge in [0, 0.05) is 22.3 Å². The average Bonchev–Trinajstić information content (AvgIpc) is 3.61. The Morgan fingerprint density at radius 3 is 1.41 bits per heavy atom. The van der Waals surface area contributed by atoms with Crippen molar-refractivity contribution in [3.05, 3.63) is 80.9 Å². The molecule has 294 valence electrons. The van der Waals surface area contributed by atoms with Gasteiger partial charge in [0.2, 0.25) is 0 Å². The topological polar surface area (TPSA) is 105 Å². The van der Waals surface area contributed by atoms with E-state index in [0.29, 0.717) is 24.3 Å². The van der Waals surface area contributed by atoms with Gasteiger partial charge >= 0.3 is 23.9 Å². The second-order valence-electron chi connectivity index (χ2n) is 19.5. The maximum Gasteiger partial charge on any atom is 0.344 e. The number of hydrogen-bond donors (Lipinski definition) is 0. The Morgan fingerprint density at radius 1 is 0.643 bits per heavy atom. The van der Waals surface area contributed by atoms with Crippen molar-refractivity contribution >= 4 is 23.9 Å². The first-order valence-electron chi connectivity index (χ1n) is 20.9. The fourth-order valence-corrected chi connectivity index (χ4v) is 12.4. The van der Waals surface area contributed by atoms with Gasteiger partial charge in [0.05, 0.1) is 11.1 Å². The lowest BCUT2D eigenvalue weighted by molar-refractivity contribution is -0.146. The molecule has 2 saturated carbocycles. The number of ether oxygens (including phenoxy) is 4. The molecule has 0 aromatic heterocycles. The first-order chi connectivity index (χ1) is 26.5. The second kappa shape index (κ2) is 12.5. The molecule has 8 heteroatoms. The van der Waals surface area contributed by atoms with Crippen LogP contribution in [0.3, 0.4) is 0 Å². The SMILES string of the molecule is CC(C)c1cc2c3c(c1OC(=O)c1ccccc1C(=O)Oc1c(C(C)C)cc4c5c1OC(=O)[C@@]51CCCC(C)(C)[C@@H]1CC4)OC(=O)[C@@]31CCCC(C)(C)[C@@H]1CC2. The summed E-state index contributed by atoms with van der Waals surface area (Å²) in [4.78, 5) is 57.0. The summed E-state index contributed by atoms with van der Waals surface area (Å²) in [6.07, 6.45) is 8.81. The summed E-state index contributed by atoms with van der Waals surface area (Å²) in [5.74, 6) is -0.641. The number of benzene rings is 3. The highest BCUT2D eigenvalue weighted by atomic mass is 16.6. The van der Waals surface area contributed by atoms with E-state index in [1.165, 1.54) is 0 Å². The lowest BCUT2D eigenvalue weighted by Gasteiger charge is -2.51. The molecule has 0 saturated heterocycles. The predicted octanol–water partition coefficient (Wildman–Crippen LogP) is 10.2. The summed E-state index contributed by atoms with van der Waals surface area (Å²) in [6.45, 7) is 17.1. The Morgan fingerprint density at radius 2 is 1.04 bits per heavy atom. The molecule has 6 aliphatic rings. The van der Waals surface area contributed by atoms with Gasteiger partial charge in [0.25, 0.3) is 0 Å². The Labute approximate surface area is 330 Å². The summed E-state index contributed by atoms with van der Waals surface area (Å²) in [6, 6.07) is 10.7. The van der Waals surface area contributed by atoms with E-state index in [2.05, 4.69) is 39.8 Å². The molecule has 2 spiro atoms. The number of carbonyl (C=O) groups is 4. The number of esters is 4. The Kier molecular flexibility index (Phi) is 8.30. The van der Waals surface area contributed by atoms with E-state index in [4.69, 9.17) is 18.9 Å². The summed E-state index contributed by atoms with van der Waals surface area (Å²) in [5.41, 5.74) is 3.97. The van der Waals surface area contributed by atoms with Crippen LogP contribution < -0.4 is 18.9 Å². The largest absolute Gasteiger partial charge is 0.421 e. The van der Waals surface area contributed by atoms with Gasteiger partial charge in [0.15, 0.2) is 23.0 Å². The minimum Gasteiger partial charge on any atom is -0.421 e. The molecule has 2 heterocycles. The third-order valence-electron chi connectivity index (χ3n) is 15.0. The zero-order valence-electron chi connectivity index (χ0n) is 34.1. The van der Waals surface area contributed by atoms with E-state index in [1.54, 1.807) is 24.3 Å². The first kappa shape index (κ1) is 37.1. The molecule has 0 radical (unpaired) electrons. The van der Waals surface area contributed by atoms with Crippen molar-refractivity contribution < 1.29 is 38.1 Å². The van der Waals surface area contributed by atoms with E-state index < -0.39 is 22.8 Å². The Hall–Kier alpha value is -4.46. The van der Waals surface area contributed by atoms with Gasteiger partial charge in [-0.25, -0.2) is 9.59 Å². The molecule has 8 nitrogen and oxygen atoms in total. The summed E-state index contributed by atoms with van der Waals surface area (Å²) < 4.78 is 25.1. The third-order valence-corrected chi connectivity index (χ3v) is 15.0. The number of hydrogen-bond acceptors (Lipinski definition) is 8. The molecule has 2 fully saturated rings. The maximum atomic E-state index is 14.4. The highest BCUT2D eigenvalue weighted by molar-refractivity contribution is 6.05. The highest BCUT2D eigenvalue weighted by Crippen LogP contribution is 2.66. The number of carbonyl (C=O) groups excluding carboxylic acids is 4. The quantitative estimate of drug-likeness (QED) is 0.181. The minimum absolute atomic E-state index is 0.0240. The molecule has 0 unspecified atom stereocenters. The van der Waals surface area contributed by atoms with Gasteiger partial charge in [-0.1, -0.05) is 92.5 Å². The van der Waals surface area contributed by atoms with Gasteiger partial charge in [-0.05, 0) is 109 Å². The first-order valence-corrected chi connectivity index (χ1v) is 20.9. The summed E-state index contributed by atoms with van der Waals surface area (Å²) in [5, 5.41) is 0. The zero-order chi connectivity index (χ0) is 39.7. The van der Waals surface area contributed by atoms with Crippen LogP contribution in [0, 0.1) is 22.7 Å². The third kappa shape index (κ3) is 5.02. The predicted molar refractivity (Wildman–Crippen MR) is 211 cm³/mol. The fourth-order valence-electron chi connectivity index (χ4n) is 12.4. The van der Waals surface area contributed by atoms with Crippen molar-refractivity contribution in [1.29, 1.82) is 0 Å². The molecule has 4 aliphatic carbocycles. The Balaban J connectivity index is 1.09. The van der Waals surface area contributed by atoms with Crippen molar-refractivity contribution in [2.24, 2.45) is 22.7 Å². The minimum atomic E-state index is -0.761. The normalized spacial score (nSPS) is 27.5. The lowest BCUT2D eigenvalue weighted by atomic mass is 9.50. The van der Waals surface area contributed by atoms with E-state index >= 15 is 0 Å². The van der Waals surface area contributed by atoms with Gasteiger partial charge in [-0.15, -0.1) is 0 Å². The number of aryl methyl sites for hydroxylation is 2. The molecule has 3 aromatic rings. The van der Waals surface area contributed by atoms with Crippen LogP contribution >= 0.6 is 0 Å². The van der Waals surface area contributed by atoms with Gasteiger partial charge < -0.3 is 18.9 Å². The van der Waals surface area contributed by atoms with Crippen molar-refractivity contribution in [3.8, 4) is 23.0 Å². The van der Waals surface area contributed by atoms with E-state index in [0.717, 1.165) is 84.7 Å². The van der Waals surface area contributed by atoms with Crippen LogP contribution in [0.25, 0.3) is 0 Å². The van der Waals surface area contributed by atoms with Crippen LogP contribution in [0.4, 0.5) is 0 Å². The second-order valence-corrected chi connectivity index (χ2v) is 19.5. The summed E-state index contributed by atoms with van der Waals surface area (Å²) in [7, 11) is 0. The van der Waals surface area contributed by atoms with Gasteiger partial charge in [-0.3, -0.25) is 9.59 Å². The van der Waals surface area contributed by atoms with Crippen LogP contribution in [-0.2, 0) is 33.3 Å². The van der Waals surface area contributed by atoms with Crippen molar-refractivity contribution in [2.75, 3.05) is 0 Å². The molecule has 9 rings (SSSR count). The van der Waals surface area contributed by atoms with Crippen LogP contribution in [0.5, 0.6) is 23.0 Å². The molecule has 0 amide bonds. The molecule has 4 atom stereocenters. The maximum absolute atomic E-state index is 14.4. The van der Waals surface area contributed by atoms with Crippen molar-refractivity contribution in [3.63, 3.8) is 0 Å². The van der Waals surface area contributed by atoms with Crippen molar-refractivity contribution in [1.82, 2.24) is 0 Å². The number of rotatable bonds is 6. The van der Waals surface area contributed by atoms with Gasteiger partial charge in [-0.2, -0.15) is 0 Å². The average molecular weight is 759 g/mol. The standard InChI is InChI=1S/C48H54O8/c1-25(2)31-23-27-15-17-33-45(5,6)19-11-21-47(33)35(27)39(55-43(47)51)37(31)53-41(49)29-13-9-10-14-30(29)42(50)54-38-32(26(3)4)24-28-16-18-34-46(7,8)20-12-22-48(34)36(28)40(38)56-44(48)52/h9-10,13-14,23-26,33-34H,11-12,15-22H2,1-8H3/t33-,34-,47+,48+/m0/s1. The molecule has 2 aliphatic heterocycles. The lowest BCUT2D eigenvalue weighted by Crippen LogP contribution is -2.52. The van der Waals surface area contributed by atoms with E-state index in [9.17, 15) is 19.2 Å². The van der Waals surface area contributed by atoms with Gasteiger partial charge in [0.1, 0.15) is 10.8 Å². The molecular formula is C48H54O8. The molecular weight excluding hydrogens is 705 g/mol.